The van der Waals surface area contributed by atoms with E-state index in [2.05, 4.69) is 5.32 Å². The summed E-state index contributed by atoms with van der Waals surface area (Å²) in [6, 6.07) is 11.9. The third kappa shape index (κ3) is 4.97. The highest BCUT2D eigenvalue weighted by molar-refractivity contribution is 7.89. The van der Waals surface area contributed by atoms with Crippen LogP contribution in [0, 0.1) is 13.8 Å². The van der Waals surface area contributed by atoms with Crippen LogP contribution in [0.25, 0.3) is 0 Å². The molecule has 1 fully saturated rings. The quantitative estimate of drug-likeness (QED) is 0.775. The minimum absolute atomic E-state index is 0.142. The van der Waals surface area contributed by atoms with Crippen molar-refractivity contribution in [1.82, 2.24) is 4.31 Å². The summed E-state index contributed by atoms with van der Waals surface area (Å²) in [7, 11) is -2.13. The van der Waals surface area contributed by atoms with E-state index in [-0.39, 0.29) is 23.3 Å². The van der Waals surface area contributed by atoms with Crippen molar-refractivity contribution in [1.29, 1.82) is 0 Å². The monoisotopic (exact) mass is 416 g/mol. The van der Waals surface area contributed by atoms with E-state index in [9.17, 15) is 13.2 Å². The van der Waals surface area contributed by atoms with Gasteiger partial charge in [-0.25, -0.2) is 8.42 Å². The van der Waals surface area contributed by atoms with Crippen molar-refractivity contribution in [3.8, 4) is 5.75 Å². The summed E-state index contributed by atoms with van der Waals surface area (Å²) in [6.07, 6.45) is 2.53. The summed E-state index contributed by atoms with van der Waals surface area (Å²) in [4.78, 5) is 12.9. The molecule has 1 aliphatic heterocycles. The van der Waals surface area contributed by atoms with Gasteiger partial charge < -0.3 is 10.1 Å². The summed E-state index contributed by atoms with van der Waals surface area (Å²) >= 11 is 0. The fraction of sp³-hybridized carbons (Fsp3) is 0.409. The van der Waals surface area contributed by atoms with Crippen LogP contribution in [0.15, 0.2) is 47.4 Å². The number of amides is 1. The van der Waals surface area contributed by atoms with Gasteiger partial charge in [-0.1, -0.05) is 24.1 Å². The molecule has 29 heavy (non-hydrogen) atoms. The first-order chi connectivity index (χ1) is 13.8. The number of nitrogens with one attached hydrogen (secondary N) is 1. The normalized spacial score (nSPS) is 17.7. The Morgan fingerprint density at radius 2 is 1.86 bits per heavy atom. The predicted octanol–water partition coefficient (Wildman–Crippen LogP) is 3.88. The molecule has 0 aromatic heterocycles. The highest BCUT2D eigenvalue weighted by atomic mass is 32.2. The summed E-state index contributed by atoms with van der Waals surface area (Å²) in [5.74, 6) is 0.436. The number of methoxy groups -OCH3 is 1. The maximum atomic E-state index is 13.2. The molecule has 1 aliphatic rings. The van der Waals surface area contributed by atoms with E-state index in [1.807, 2.05) is 32.0 Å². The van der Waals surface area contributed by atoms with Crippen LogP contribution in [-0.2, 0) is 14.8 Å². The fourth-order valence-corrected chi connectivity index (χ4v) is 5.44. The minimum Gasteiger partial charge on any atom is -0.497 e. The van der Waals surface area contributed by atoms with Crippen molar-refractivity contribution >= 4 is 21.6 Å². The molecule has 0 aliphatic carbocycles. The van der Waals surface area contributed by atoms with Gasteiger partial charge in [0.15, 0.2) is 0 Å². The van der Waals surface area contributed by atoms with E-state index in [1.54, 1.807) is 31.4 Å². The van der Waals surface area contributed by atoms with Crippen LogP contribution < -0.4 is 10.1 Å². The van der Waals surface area contributed by atoms with E-state index in [1.165, 1.54) is 4.31 Å². The van der Waals surface area contributed by atoms with Crippen LogP contribution in [-0.4, -0.2) is 38.3 Å². The number of piperidine rings is 1. The van der Waals surface area contributed by atoms with Crippen LogP contribution >= 0.6 is 0 Å². The van der Waals surface area contributed by atoms with Gasteiger partial charge in [0, 0.05) is 24.7 Å². The van der Waals surface area contributed by atoms with E-state index >= 15 is 0 Å². The number of aryl methyl sites for hydroxylation is 2. The Labute approximate surface area is 172 Å². The molecule has 0 radical (unpaired) electrons. The lowest BCUT2D eigenvalue weighted by Gasteiger charge is -2.34. The Kier molecular flexibility index (Phi) is 6.59. The maximum Gasteiger partial charge on any atom is 0.243 e. The second-order valence-corrected chi connectivity index (χ2v) is 9.40. The number of carbonyl (C=O) groups is 1. The summed E-state index contributed by atoms with van der Waals surface area (Å²) in [5.41, 5.74) is 2.88. The lowest BCUT2D eigenvalue weighted by Crippen LogP contribution is -2.45. The smallest absolute Gasteiger partial charge is 0.243 e. The molecule has 1 saturated heterocycles. The van der Waals surface area contributed by atoms with Crippen molar-refractivity contribution < 1.29 is 17.9 Å². The summed E-state index contributed by atoms with van der Waals surface area (Å²) < 4.78 is 33.0. The average molecular weight is 417 g/mol. The van der Waals surface area contributed by atoms with Gasteiger partial charge in [-0.2, -0.15) is 4.31 Å². The Morgan fingerprint density at radius 3 is 2.52 bits per heavy atom. The van der Waals surface area contributed by atoms with Crippen LogP contribution in [0.5, 0.6) is 5.75 Å². The lowest BCUT2D eigenvalue weighted by atomic mass is 10.0. The molecule has 1 amide bonds. The van der Waals surface area contributed by atoms with E-state index in [0.29, 0.717) is 18.7 Å². The van der Waals surface area contributed by atoms with Gasteiger partial charge in [0.2, 0.25) is 15.9 Å². The van der Waals surface area contributed by atoms with Gasteiger partial charge in [0.1, 0.15) is 5.75 Å². The molecule has 1 heterocycles. The second-order valence-electron chi connectivity index (χ2n) is 7.51. The zero-order valence-corrected chi connectivity index (χ0v) is 18.0. The Hall–Kier alpha value is -2.38. The van der Waals surface area contributed by atoms with Crippen molar-refractivity contribution in [2.45, 2.75) is 50.5 Å². The number of rotatable bonds is 6. The zero-order valence-electron chi connectivity index (χ0n) is 17.1. The van der Waals surface area contributed by atoms with Crippen LogP contribution in [0.3, 0.4) is 0 Å². The largest absolute Gasteiger partial charge is 0.497 e. The Bertz CT molecular complexity index is 971. The molecule has 0 bridgehead atoms. The molecule has 1 atom stereocenters. The third-order valence-corrected chi connectivity index (χ3v) is 7.28. The molecule has 2 aromatic rings. The molecule has 1 N–H and O–H groups in total. The Balaban J connectivity index is 1.75. The Morgan fingerprint density at radius 1 is 1.14 bits per heavy atom. The molecular formula is C22H28N2O4S. The molecule has 7 heteroatoms. The topological polar surface area (TPSA) is 75.7 Å². The lowest BCUT2D eigenvalue weighted by molar-refractivity contribution is -0.117. The maximum absolute atomic E-state index is 13.2. The van der Waals surface area contributed by atoms with E-state index < -0.39 is 10.0 Å². The predicted molar refractivity (Wildman–Crippen MR) is 114 cm³/mol. The fourth-order valence-electron chi connectivity index (χ4n) is 3.75. The molecule has 2 aromatic carbocycles. The number of nitrogens with zero attached hydrogens (tertiary/aromatic N) is 1. The van der Waals surface area contributed by atoms with Gasteiger partial charge in [-0.05, 0) is 62.6 Å². The summed E-state index contributed by atoms with van der Waals surface area (Å²) in [6.45, 7) is 4.38. The van der Waals surface area contributed by atoms with Gasteiger partial charge in [-0.15, -0.1) is 0 Å². The van der Waals surface area contributed by atoms with Gasteiger partial charge in [0.25, 0.3) is 0 Å². The number of sulfonamides is 1. The number of carbonyl (C=O) groups excluding carboxylic acids is 1. The molecule has 3 rings (SSSR count). The first-order valence-corrected chi connectivity index (χ1v) is 11.3. The highest BCUT2D eigenvalue weighted by Gasteiger charge is 2.34. The van der Waals surface area contributed by atoms with Gasteiger partial charge in [0.05, 0.1) is 12.0 Å². The van der Waals surface area contributed by atoms with Crippen molar-refractivity contribution in [3.05, 3.63) is 53.6 Å². The summed E-state index contributed by atoms with van der Waals surface area (Å²) in [5, 5.41) is 2.93. The van der Waals surface area contributed by atoms with Crippen LogP contribution in [0.4, 0.5) is 5.69 Å². The number of benzene rings is 2. The standard InChI is InChI=1S/C22H28N2O4S/c1-16-7-12-21(17(2)14-16)23-22(25)15-18-6-4-5-13-24(18)29(26,27)20-10-8-19(28-3)9-11-20/h7-12,14,18H,4-6,13,15H2,1-3H3,(H,23,25). The molecule has 1 unspecified atom stereocenters. The number of hydrogen-bond donors (Lipinski definition) is 1. The van der Waals surface area contributed by atoms with Crippen LogP contribution in [0.1, 0.15) is 36.8 Å². The highest BCUT2D eigenvalue weighted by Crippen LogP contribution is 2.28. The molecule has 0 saturated carbocycles. The molecule has 156 valence electrons. The van der Waals surface area contributed by atoms with Crippen LogP contribution in [0.2, 0.25) is 0 Å². The van der Waals surface area contributed by atoms with Crippen molar-refractivity contribution in [2.75, 3.05) is 19.0 Å². The van der Waals surface area contributed by atoms with Crippen molar-refractivity contribution in [3.63, 3.8) is 0 Å². The number of hydrogen-bond acceptors (Lipinski definition) is 4. The molecular weight excluding hydrogens is 388 g/mol. The SMILES string of the molecule is COc1ccc(S(=O)(=O)N2CCCCC2CC(=O)Nc2ccc(C)cc2C)cc1. The first kappa shape index (κ1) is 21.3. The average Bonchev–Trinajstić information content (AvgIpc) is 2.70. The van der Waals surface area contributed by atoms with Gasteiger partial charge in [-0.3, -0.25) is 4.79 Å². The van der Waals surface area contributed by atoms with Crippen molar-refractivity contribution in [2.24, 2.45) is 0 Å². The third-order valence-electron chi connectivity index (χ3n) is 5.32. The minimum atomic E-state index is -3.67. The zero-order chi connectivity index (χ0) is 21.0. The number of ether oxygens (including phenoxy) is 1. The van der Waals surface area contributed by atoms with Gasteiger partial charge >= 0.3 is 0 Å². The second kappa shape index (κ2) is 8.97. The number of anilines is 1. The van der Waals surface area contributed by atoms with E-state index in [0.717, 1.165) is 29.7 Å². The molecule has 6 nitrogen and oxygen atoms in total. The first-order valence-electron chi connectivity index (χ1n) is 9.84. The van der Waals surface area contributed by atoms with E-state index in [4.69, 9.17) is 4.74 Å². The molecule has 0 spiro atoms.